The van der Waals surface area contributed by atoms with E-state index in [1.165, 1.54) is 0 Å². The van der Waals surface area contributed by atoms with Gasteiger partial charge in [-0.05, 0) is 26.0 Å². The molecule has 1 heterocycles. The standard InChI is InChI=1S/C11H17N3O2/c1-8(2)16-6-5-13-9-3-4-14-10(7-9)11(12)15/h3-4,7-8H,5-6H2,1-2H3,(H2,12,15)(H,13,14). The maximum absolute atomic E-state index is 10.9. The largest absolute Gasteiger partial charge is 0.383 e. The van der Waals surface area contributed by atoms with Crippen molar-refractivity contribution < 1.29 is 9.53 Å². The zero-order valence-corrected chi connectivity index (χ0v) is 9.56. The van der Waals surface area contributed by atoms with Crippen molar-refractivity contribution in [3.05, 3.63) is 24.0 Å². The minimum Gasteiger partial charge on any atom is -0.383 e. The first kappa shape index (κ1) is 12.4. The van der Waals surface area contributed by atoms with Gasteiger partial charge < -0.3 is 15.8 Å². The molecule has 0 aliphatic rings. The SMILES string of the molecule is CC(C)OCCNc1ccnc(C(N)=O)c1. The first-order valence-corrected chi connectivity index (χ1v) is 5.21. The molecule has 5 heteroatoms. The van der Waals surface area contributed by atoms with E-state index in [4.69, 9.17) is 10.5 Å². The van der Waals surface area contributed by atoms with Gasteiger partial charge in [0.2, 0.25) is 0 Å². The lowest BCUT2D eigenvalue weighted by Crippen LogP contribution is -2.15. The fraction of sp³-hybridized carbons (Fsp3) is 0.455. The van der Waals surface area contributed by atoms with E-state index in [0.717, 1.165) is 5.69 Å². The van der Waals surface area contributed by atoms with Crippen molar-refractivity contribution in [3.8, 4) is 0 Å². The molecule has 88 valence electrons. The maximum atomic E-state index is 10.9. The summed E-state index contributed by atoms with van der Waals surface area (Å²) in [6.45, 7) is 5.27. The summed E-state index contributed by atoms with van der Waals surface area (Å²) in [4.78, 5) is 14.7. The van der Waals surface area contributed by atoms with Gasteiger partial charge in [-0.2, -0.15) is 0 Å². The van der Waals surface area contributed by atoms with Crippen LogP contribution in [0.1, 0.15) is 24.3 Å². The third-order valence-electron chi connectivity index (χ3n) is 1.89. The third kappa shape index (κ3) is 4.27. The lowest BCUT2D eigenvalue weighted by atomic mass is 10.3. The Hall–Kier alpha value is -1.62. The first-order chi connectivity index (χ1) is 7.59. The molecule has 0 radical (unpaired) electrons. The van der Waals surface area contributed by atoms with Crippen LogP contribution in [-0.4, -0.2) is 30.1 Å². The molecule has 0 saturated carbocycles. The average Bonchev–Trinajstić information content (AvgIpc) is 2.24. The van der Waals surface area contributed by atoms with E-state index >= 15 is 0 Å². The summed E-state index contributed by atoms with van der Waals surface area (Å²) in [5, 5.41) is 3.12. The quantitative estimate of drug-likeness (QED) is 0.706. The summed E-state index contributed by atoms with van der Waals surface area (Å²) in [6, 6.07) is 3.40. The van der Waals surface area contributed by atoms with Gasteiger partial charge in [0.05, 0.1) is 12.7 Å². The monoisotopic (exact) mass is 223 g/mol. The van der Waals surface area contributed by atoms with E-state index in [9.17, 15) is 4.79 Å². The van der Waals surface area contributed by atoms with Gasteiger partial charge in [0, 0.05) is 18.4 Å². The molecule has 0 bridgehead atoms. The highest BCUT2D eigenvalue weighted by Crippen LogP contribution is 2.06. The Morgan fingerprint density at radius 2 is 2.38 bits per heavy atom. The summed E-state index contributed by atoms with van der Waals surface area (Å²) in [5.41, 5.74) is 6.20. The van der Waals surface area contributed by atoms with Gasteiger partial charge >= 0.3 is 0 Å². The van der Waals surface area contributed by atoms with Crippen molar-refractivity contribution >= 4 is 11.6 Å². The average molecular weight is 223 g/mol. The van der Waals surface area contributed by atoms with Gasteiger partial charge in [-0.1, -0.05) is 0 Å². The zero-order valence-electron chi connectivity index (χ0n) is 9.56. The number of rotatable bonds is 6. The van der Waals surface area contributed by atoms with Crippen LogP contribution in [0.5, 0.6) is 0 Å². The highest BCUT2D eigenvalue weighted by molar-refractivity contribution is 5.91. The number of nitrogens with two attached hydrogens (primary N) is 1. The lowest BCUT2D eigenvalue weighted by Gasteiger charge is -2.09. The molecule has 1 amide bonds. The Kier molecular flexibility index (Phi) is 4.72. The Bertz CT molecular complexity index is 353. The molecule has 0 fully saturated rings. The molecule has 0 saturated heterocycles. The minimum atomic E-state index is -0.526. The predicted molar refractivity (Wildman–Crippen MR) is 62.3 cm³/mol. The molecular formula is C11H17N3O2. The van der Waals surface area contributed by atoms with Crippen LogP contribution >= 0.6 is 0 Å². The lowest BCUT2D eigenvalue weighted by molar-refractivity contribution is 0.0870. The first-order valence-electron chi connectivity index (χ1n) is 5.21. The number of pyridine rings is 1. The highest BCUT2D eigenvalue weighted by atomic mass is 16.5. The summed E-state index contributed by atoms with van der Waals surface area (Å²) in [6.07, 6.45) is 1.77. The number of carbonyl (C=O) groups is 1. The second-order valence-electron chi connectivity index (χ2n) is 3.64. The molecule has 1 aromatic rings. The molecule has 16 heavy (non-hydrogen) atoms. The molecule has 0 spiro atoms. The Morgan fingerprint density at radius 1 is 1.62 bits per heavy atom. The van der Waals surface area contributed by atoms with Crippen LogP contribution in [0.25, 0.3) is 0 Å². The molecule has 5 nitrogen and oxygen atoms in total. The van der Waals surface area contributed by atoms with Crippen molar-refractivity contribution in [2.45, 2.75) is 20.0 Å². The summed E-state index contributed by atoms with van der Waals surface area (Å²) < 4.78 is 5.37. The zero-order chi connectivity index (χ0) is 12.0. The third-order valence-corrected chi connectivity index (χ3v) is 1.89. The maximum Gasteiger partial charge on any atom is 0.267 e. The normalized spacial score (nSPS) is 10.4. The number of amides is 1. The van der Waals surface area contributed by atoms with Crippen LogP contribution in [0, 0.1) is 0 Å². The molecule has 1 aromatic heterocycles. The number of primary amides is 1. The summed E-state index contributed by atoms with van der Waals surface area (Å²) in [5.74, 6) is -0.526. The smallest absolute Gasteiger partial charge is 0.267 e. The van der Waals surface area contributed by atoms with Gasteiger partial charge in [-0.15, -0.1) is 0 Å². The van der Waals surface area contributed by atoms with Crippen LogP contribution in [0.15, 0.2) is 18.3 Å². The van der Waals surface area contributed by atoms with Gasteiger partial charge in [-0.25, -0.2) is 0 Å². The highest BCUT2D eigenvalue weighted by Gasteiger charge is 2.02. The fourth-order valence-electron chi connectivity index (χ4n) is 1.17. The molecule has 0 unspecified atom stereocenters. The van der Waals surface area contributed by atoms with Gasteiger partial charge in [0.15, 0.2) is 0 Å². The number of hydrogen-bond acceptors (Lipinski definition) is 4. The van der Waals surface area contributed by atoms with Crippen molar-refractivity contribution in [1.29, 1.82) is 0 Å². The Labute approximate surface area is 95.0 Å². The molecule has 3 N–H and O–H groups in total. The van der Waals surface area contributed by atoms with Crippen molar-refractivity contribution in [3.63, 3.8) is 0 Å². The Balaban J connectivity index is 2.42. The van der Waals surface area contributed by atoms with Crippen LogP contribution in [0.3, 0.4) is 0 Å². The van der Waals surface area contributed by atoms with E-state index in [-0.39, 0.29) is 11.8 Å². The number of anilines is 1. The molecule has 0 atom stereocenters. The van der Waals surface area contributed by atoms with Crippen molar-refractivity contribution in [2.75, 3.05) is 18.5 Å². The van der Waals surface area contributed by atoms with E-state index in [0.29, 0.717) is 13.2 Å². The number of ether oxygens (including phenoxy) is 1. The number of nitrogens with zero attached hydrogens (tertiary/aromatic N) is 1. The molecule has 0 aliphatic carbocycles. The van der Waals surface area contributed by atoms with E-state index in [1.54, 1.807) is 18.3 Å². The fourth-order valence-corrected chi connectivity index (χ4v) is 1.17. The predicted octanol–water partition coefficient (Wildman–Crippen LogP) is 1.02. The van der Waals surface area contributed by atoms with E-state index < -0.39 is 5.91 Å². The summed E-state index contributed by atoms with van der Waals surface area (Å²) in [7, 11) is 0. The Morgan fingerprint density at radius 3 is 3.00 bits per heavy atom. The van der Waals surface area contributed by atoms with Gasteiger partial charge in [-0.3, -0.25) is 9.78 Å². The number of carbonyl (C=O) groups excluding carboxylic acids is 1. The van der Waals surface area contributed by atoms with Crippen LogP contribution in [0.2, 0.25) is 0 Å². The number of nitrogens with one attached hydrogen (secondary N) is 1. The van der Waals surface area contributed by atoms with E-state index in [1.807, 2.05) is 13.8 Å². The summed E-state index contributed by atoms with van der Waals surface area (Å²) >= 11 is 0. The number of hydrogen-bond donors (Lipinski definition) is 2. The molecular weight excluding hydrogens is 206 g/mol. The van der Waals surface area contributed by atoms with Crippen LogP contribution in [0.4, 0.5) is 5.69 Å². The van der Waals surface area contributed by atoms with E-state index in [2.05, 4.69) is 10.3 Å². The van der Waals surface area contributed by atoms with Crippen molar-refractivity contribution in [2.24, 2.45) is 5.73 Å². The number of aromatic nitrogens is 1. The van der Waals surface area contributed by atoms with Crippen LogP contribution in [-0.2, 0) is 4.74 Å². The topological polar surface area (TPSA) is 77.2 Å². The van der Waals surface area contributed by atoms with Gasteiger partial charge in [0.25, 0.3) is 5.91 Å². The molecule has 1 rings (SSSR count). The minimum absolute atomic E-state index is 0.223. The van der Waals surface area contributed by atoms with Gasteiger partial charge in [0.1, 0.15) is 5.69 Å². The molecule has 0 aliphatic heterocycles. The van der Waals surface area contributed by atoms with Crippen molar-refractivity contribution in [1.82, 2.24) is 4.98 Å². The van der Waals surface area contributed by atoms with Crippen LogP contribution < -0.4 is 11.1 Å². The molecule has 0 aromatic carbocycles. The second kappa shape index (κ2) is 6.07. The second-order valence-corrected chi connectivity index (χ2v) is 3.64.